The van der Waals surface area contributed by atoms with Gasteiger partial charge in [-0.25, -0.2) is 9.37 Å². The van der Waals surface area contributed by atoms with Crippen LogP contribution in [0.1, 0.15) is 19.4 Å². The van der Waals surface area contributed by atoms with Crippen LogP contribution in [-0.2, 0) is 0 Å². The van der Waals surface area contributed by atoms with Gasteiger partial charge in [-0.15, -0.1) is 24.8 Å². The van der Waals surface area contributed by atoms with Gasteiger partial charge in [0.1, 0.15) is 18.3 Å². The highest BCUT2D eigenvalue weighted by Gasteiger charge is 2.13. The first kappa shape index (κ1) is 24.9. The van der Waals surface area contributed by atoms with Crippen molar-refractivity contribution in [2.75, 3.05) is 39.3 Å². The molecule has 0 unspecified atom stereocenters. The summed E-state index contributed by atoms with van der Waals surface area (Å²) in [4.78, 5) is 14.6. The zero-order valence-corrected chi connectivity index (χ0v) is 19.3. The molecule has 0 saturated heterocycles. The van der Waals surface area contributed by atoms with E-state index in [1.165, 1.54) is 6.07 Å². The lowest BCUT2D eigenvalue weighted by molar-refractivity contribution is 0.217. The SMILES string of the molecule is CCN(CC)CCOc1ccc(-c2nc3ccc(C4=NCCN4)cc3[nH]2)cc1F.Cl.Cl. The highest BCUT2D eigenvalue weighted by Crippen LogP contribution is 2.26. The number of ether oxygens (including phenoxy) is 1. The topological polar surface area (TPSA) is 65.5 Å². The van der Waals surface area contributed by atoms with Crippen molar-refractivity contribution in [3.05, 3.63) is 47.8 Å². The normalized spacial score (nSPS) is 12.8. The summed E-state index contributed by atoms with van der Waals surface area (Å²) in [5.41, 5.74) is 3.44. The number of imidazole rings is 1. The maximum Gasteiger partial charge on any atom is 0.165 e. The molecule has 31 heavy (non-hydrogen) atoms. The molecule has 9 heteroatoms. The van der Waals surface area contributed by atoms with Crippen molar-refractivity contribution >= 4 is 41.7 Å². The smallest absolute Gasteiger partial charge is 0.165 e. The minimum atomic E-state index is -0.382. The fraction of sp³-hybridized carbons (Fsp3) is 0.364. The van der Waals surface area contributed by atoms with Gasteiger partial charge in [-0.2, -0.15) is 0 Å². The molecule has 0 fully saturated rings. The Bertz CT molecular complexity index is 1040. The van der Waals surface area contributed by atoms with E-state index in [0.717, 1.165) is 55.2 Å². The molecule has 6 nitrogen and oxygen atoms in total. The lowest BCUT2D eigenvalue weighted by Gasteiger charge is -2.18. The van der Waals surface area contributed by atoms with Crippen LogP contribution in [0.5, 0.6) is 5.75 Å². The molecule has 0 radical (unpaired) electrons. The second-order valence-corrected chi connectivity index (χ2v) is 6.99. The van der Waals surface area contributed by atoms with Gasteiger partial charge in [0, 0.05) is 24.2 Å². The molecule has 1 aliphatic rings. The zero-order chi connectivity index (χ0) is 20.2. The first-order valence-corrected chi connectivity index (χ1v) is 10.1. The van der Waals surface area contributed by atoms with E-state index in [0.29, 0.717) is 18.0 Å². The molecule has 0 atom stereocenters. The highest BCUT2D eigenvalue weighted by atomic mass is 35.5. The third-order valence-corrected chi connectivity index (χ3v) is 5.19. The van der Waals surface area contributed by atoms with Crippen LogP contribution in [0, 0.1) is 5.82 Å². The summed E-state index contributed by atoms with van der Waals surface area (Å²) in [6.07, 6.45) is 0. The number of halogens is 3. The second kappa shape index (κ2) is 11.3. The number of hydrogen-bond acceptors (Lipinski definition) is 5. The summed E-state index contributed by atoms with van der Waals surface area (Å²) in [6.45, 7) is 9.02. The molecule has 3 aromatic rings. The number of fused-ring (bicyclic) bond motifs is 1. The van der Waals surface area contributed by atoms with Crippen molar-refractivity contribution in [1.82, 2.24) is 20.2 Å². The molecular weight excluding hydrogens is 440 g/mol. The molecule has 0 amide bonds. The number of nitrogens with zero attached hydrogens (tertiary/aromatic N) is 3. The van der Waals surface area contributed by atoms with Crippen LogP contribution in [0.25, 0.3) is 22.4 Å². The van der Waals surface area contributed by atoms with Crippen LogP contribution in [0.3, 0.4) is 0 Å². The highest BCUT2D eigenvalue weighted by molar-refractivity contribution is 6.02. The van der Waals surface area contributed by atoms with E-state index >= 15 is 0 Å². The molecular formula is C22H28Cl2FN5O. The van der Waals surface area contributed by atoms with Gasteiger partial charge in [0.25, 0.3) is 0 Å². The number of aromatic amines is 1. The van der Waals surface area contributed by atoms with Crippen molar-refractivity contribution < 1.29 is 9.13 Å². The van der Waals surface area contributed by atoms with E-state index in [1.807, 2.05) is 24.3 Å². The van der Waals surface area contributed by atoms with Crippen molar-refractivity contribution in [3.63, 3.8) is 0 Å². The summed E-state index contributed by atoms with van der Waals surface area (Å²) in [5, 5.41) is 3.27. The van der Waals surface area contributed by atoms with Gasteiger partial charge in [-0.3, -0.25) is 4.99 Å². The Balaban J connectivity index is 0.00000171. The van der Waals surface area contributed by atoms with Gasteiger partial charge in [0.2, 0.25) is 0 Å². The van der Waals surface area contributed by atoms with E-state index in [1.54, 1.807) is 6.07 Å². The molecule has 0 aliphatic carbocycles. The summed E-state index contributed by atoms with van der Waals surface area (Å²) in [6, 6.07) is 10.9. The molecule has 0 saturated carbocycles. The molecule has 4 rings (SSSR count). The molecule has 1 aliphatic heterocycles. The lowest BCUT2D eigenvalue weighted by atomic mass is 10.2. The number of amidine groups is 1. The third kappa shape index (κ3) is 5.67. The van der Waals surface area contributed by atoms with Crippen LogP contribution < -0.4 is 10.1 Å². The number of benzene rings is 2. The fourth-order valence-electron chi connectivity index (χ4n) is 3.47. The van der Waals surface area contributed by atoms with Gasteiger partial charge >= 0.3 is 0 Å². The Hall–Kier alpha value is -2.35. The monoisotopic (exact) mass is 467 g/mol. The zero-order valence-electron chi connectivity index (χ0n) is 17.7. The molecule has 2 N–H and O–H groups in total. The first-order chi connectivity index (χ1) is 14.2. The van der Waals surface area contributed by atoms with Gasteiger partial charge in [-0.1, -0.05) is 13.8 Å². The summed E-state index contributed by atoms with van der Waals surface area (Å²) >= 11 is 0. The Morgan fingerprint density at radius 2 is 1.84 bits per heavy atom. The molecule has 0 spiro atoms. The number of rotatable bonds is 8. The molecule has 0 bridgehead atoms. The largest absolute Gasteiger partial charge is 0.489 e. The standard InChI is InChI=1S/C22H26FN5O.2ClH/c1-3-28(4-2)11-12-29-20-8-6-15(13-17(20)23)22-26-18-7-5-16(14-19(18)27-22)21-24-9-10-25-21;;/h5-8,13-14H,3-4,9-12H2,1-2H3,(H,24,25)(H,26,27);2*1H. The summed E-state index contributed by atoms with van der Waals surface area (Å²) < 4.78 is 20.2. The number of likely N-dealkylation sites (N-methyl/N-ethyl adjacent to an activating group) is 1. The van der Waals surface area contributed by atoms with Crippen LogP contribution in [0.4, 0.5) is 4.39 Å². The minimum Gasteiger partial charge on any atom is -0.489 e. The Morgan fingerprint density at radius 3 is 2.52 bits per heavy atom. The Kier molecular flexibility index (Phi) is 9.10. The number of aromatic nitrogens is 2. The maximum atomic E-state index is 14.5. The fourth-order valence-corrected chi connectivity index (χ4v) is 3.47. The first-order valence-electron chi connectivity index (χ1n) is 10.1. The van der Waals surface area contributed by atoms with Gasteiger partial charge in [0.05, 0.1) is 17.6 Å². The quantitative estimate of drug-likeness (QED) is 0.518. The van der Waals surface area contributed by atoms with Gasteiger partial charge in [-0.05, 0) is 49.5 Å². The average Bonchev–Trinajstić information content (AvgIpc) is 3.41. The summed E-state index contributed by atoms with van der Waals surface area (Å²) in [7, 11) is 0. The van der Waals surface area contributed by atoms with E-state index in [9.17, 15) is 4.39 Å². The lowest BCUT2D eigenvalue weighted by Crippen LogP contribution is -2.28. The van der Waals surface area contributed by atoms with Gasteiger partial charge < -0.3 is 19.9 Å². The number of H-pyrrole nitrogens is 1. The van der Waals surface area contributed by atoms with Crippen LogP contribution in [0.15, 0.2) is 41.4 Å². The Labute approximate surface area is 194 Å². The molecule has 2 heterocycles. The molecule has 1 aromatic heterocycles. The predicted molar refractivity (Wildman–Crippen MR) is 129 cm³/mol. The van der Waals surface area contributed by atoms with E-state index in [2.05, 4.69) is 39.0 Å². The number of aliphatic imine (C=N–C) groups is 1. The van der Waals surface area contributed by atoms with Crippen LogP contribution >= 0.6 is 24.8 Å². The van der Waals surface area contributed by atoms with Gasteiger partial charge in [0.15, 0.2) is 11.6 Å². The van der Waals surface area contributed by atoms with Crippen molar-refractivity contribution in [2.45, 2.75) is 13.8 Å². The second-order valence-electron chi connectivity index (χ2n) is 6.99. The van der Waals surface area contributed by atoms with Crippen molar-refractivity contribution in [2.24, 2.45) is 4.99 Å². The van der Waals surface area contributed by atoms with E-state index in [4.69, 9.17) is 4.74 Å². The van der Waals surface area contributed by atoms with E-state index in [-0.39, 0.29) is 36.4 Å². The predicted octanol–water partition coefficient (Wildman–Crippen LogP) is 4.28. The average molecular weight is 468 g/mol. The van der Waals surface area contributed by atoms with Crippen molar-refractivity contribution in [3.8, 4) is 17.1 Å². The molecule has 2 aromatic carbocycles. The third-order valence-electron chi connectivity index (χ3n) is 5.19. The maximum absolute atomic E-state index is 14.5. The van der Waals surface area contributed by atoms with E-state index < -0.39 is 0 Å². The number of nitrogens with one attached hydrogen (secondary N) is 2. The summed E-state index contributed by atoms with van der Waals surface area (Å²) in [5.74, 6) is 1.42. The minimum absolute atomic E-state index is 0. The number of hydrogen-bond donors (Lipinski definition) is 2. The van der Waals surface area contributed by atoms with Crippen LogP contribution in [-0.4, -0.2) is 60.0 Å². The van der Waals surface area contributed by atoms with Crippen LogP contribution in [0.2, 0.25) is 0 Å². The van der Waals surface area contributed by atoms with Crippen molar-refractivity contribution in [1.29, 1.82) is 0 Å². The Morgan fingerprint density at radius 1 is 1.06 bits per heavy atom. The molecule has 168 valence electrons.